The summed E-state index contributed by atoms with van der Waals surface area (Å²) in [5, 5.41) is 2.50. The average Bonchev–Trinajstić information content (AvgIpc) is 1.85. The monoisotopic (exact) mass is 159 g/mol. The van der Waals surface area contributed by atoms with Crippen molar-refractivity contribution in [1.29, 1.82) is 0 Å². The minimum atomic E-state index is -0.633. The Bertz CT molecular complexity index is 158. The van der Waals surface area contributed by atoms with Gasteiger partial charge in [0.1, 0.15) is 6.42 Å². The Kier molecular flexibility index (Phi) is 4.21. The Morgan fingerprint density at radius 3 is 2.45 bits per heavy atom. The summed E-state index contributed by atoms with van der Waals surface area (Å²) in [4.78, 5) is 21.0. The van der Waals surface area contributed by atoms with Crippen molar-refractivity contribution >= 4 is 11.8 Å². The second-order valence-electron chi connectivity index (χ2n) is 2.35. The maximum Gasteiger partial charge on any atom is 0.229 e. The summed E-state index contributed by atoms with van der Waals surface area (Å²) in [5.41, 5.74) is 10.00. The fraction of sp³-hybridized carbons (Fsp3) is 0.667. The lowest BCUT2D eigenvalue weighted by Gasteiger charge is -2.09. The number of hydrogen-bond acceptors (Lipinski definition) is 3. The summed E-state index contributed by atoms with van der Waals surface area (Å²) in [7, 11) is 0. The first-order valence-corrected chi connectivity index (χ1v) is 3.34. The first kappa shape index (κ1) is 9.90. The molecule has 1 atom stereocenters. The van der Waals surface area contributed by atoms with Gasteiger partial charge < -0.3 is 16.8 Å². The summed E-state index contributed by atoms with van der Waals surface area (Å²) in [6.45, 7) is 2.10. The Labute approximate surface area is 65.1 Å². The smallest absolute Gasteiger partial charge is 0.229 e. The third-order valence-corrected chi connectivity index (χ3v) is 1.10. The van der Waals surface area contributed by atoms with E-state index in [0.29, 0.717) is 6.54 Å². The van der Waals surface area contributed by atoms with E-state index < -0.39 is 5.91 Å². The van der Waals surface area contributed by atoms with Crippen LogP contribution in [0.3, 0.4) is 0 Å². The van der Waals surface area contributed by atoms with Gasteiger partial charge >= 0.3 is 0 Å². The molecular formula is C6H13N3O2. The highest BCUT2D eigenvalue weighted by molar-refractivity contribution is 5.96. The van der Waals surface area contributed by atoms with Gasteiger partial charge in [-0.1, -0.05) is 0 Å². The summed E-state index contributed by atoms with van der Waals surface area (Å²) in [6.07, 6.45) is -0.273. The SMILES string of the molecule is C[C@H](CN)NC(=O)CC(N)=O. The number of carbonyl (C=O) groups excluding carboxylic acids is 2. The lowest BCUT2D eigenvalue weighted by Crippen LogP contribution is -2.39. The van der Waals surface area contributed by atoms with Gasteiger partial charge in [-0.15, -0.1) is 0 Å². The van der Waals surface area contributed by atoms with Crippen molar-refractivity contribution in [3.63, 3.8) is 0 Å². The van der Waals surface area contributed by atoms with Crippen molar-refractivity contribution < 1.29 is 9.59 Å². The molecule has 0 aromatic carbocycles. The normalized spacial score (nSPS) is 12.2. The van der Waals surface area contributed by atoms with E-state index in [2.05, 4.69) is 5.32 Å². The van der Waals surface area contributed by atoms with Gasteiger partial charge in [-0.2, -0.15) is 0 Å². The standard InChI is InChI=1S/C6H13N3O2/c1-4(3-7)9-6(11)2-5(8)10/h4H,2-3,7H2,1H3,(H2,8,10)(H,9,11)/t4-/m1/s1. The van der Waals surface area contributed by atoms with Crippen LogP contribution in [0.1, 0.15) is 13.3 Å². The molecule has 11 heavy (non-hydrogen) atoms. The summed E-state index contributed by atoms with van der Waals surface area (Å²) >= 11 is 0. The van der Waals surface area contributed by atoms with Crippen LogP contribution in [0, 0.1) is 0 Å². The molecular weight excluding hydrogens is 146 g/mol. The third-order valence-electron chi connectivity index (χ3n) is 1.10. The number of nitrogens with one attached hydrogen (secondary N) is 1. The molecule has 0 fully saturated rings. The van der Waals surface area contributed by atoms with E-state index in [0.717, 1.165) is 0 Å². The van der Waals surface area contributed by atoms with Crippen LogP contribution in [0.4, 0.5) is 0 Å². The molecule has 0 aromatic heterocycles. The van der Waals surface area contributed by atoms with Crippen molar-refractivity contribution in [2.24, 2.45) is 11.5 Å². The van der Waals surface area contributed by atoms with E-state index in [1.807, 2.05) is 0 Å². The topological polar surface area (TPSA) is 98.2 Å². The maximum atomic E-state index is 10.8. The molecule has 0 aliphatic rings. The van der Waals surface area contributed by atoms with Crippen LogP contribution in [-0.2, 0) is 9.59 Å². The molecule has 0 aromatic rings. The van der Waals surface area contributed by atoms with E-state index in [1.165, 1.54) is 0 Å². The molecule has 0 radical (unpaired) electrons. The fourth-order valence-corrected chi connectivity index (χ4v) is 0.543. The van der Waals surface area contributed by atoms with E-state index in [9.17, 15) is 9.59 Å². The lowest BCUT2D eigenvalue weighted by atomic mass is 10.3. The van der Waals surface area contributed by atoms with Crippen molar-refractivity contribution in [3.8, 4) is 0 Å². The Morgan fingerprint density at radius 2 is 2.09 bits per heavy atom. The number of primary amides is 1. The average molecular weight is 159 g/mol. The van der Waals surface area contributed by atoms with Crippen molar-refractivity contribution in [2.45, 2.75) is 19.4 Å². The van der Waals surface area contributed by atoms with Crippen LogP contribution < -0.4 is 16.8 Å². The second-order valence-corrected chi connectivity index (χ2v) is 2.35. The number of rotatable bonds is 4. The molecule has 2 amide bonds. The highest BCUT2D eigenvalue weighted by atomic mass is 16.2. The summed E-state index contributed by atoms with van der Waals surface area (Å²) in [5.74, 6) is -1.01. The Balaban J connectivity index is 3.60. The number of hydrogen-bond donors (Lipinski definition) is 3. The molecule has 64 valence electrons. The first-order valence-electron chi connectivity index (χ1n) is 3.34. The molecule has 0 heterocycles. The Hall–Kier alpha value is -1.10. The van der Waals surface area contributed by atoms with Crippen LogP contribution in [-0.4, -0.2) is 24.4 Å². The lowest BCUT2D eigenvalue weighted by molar-refractivity contribution is -0.127. The van der Waals surface area contributed by atoms with Gasteiger partial charge in [-0.05, 0) is 6.92 Å². The Morgan fingerprint density at radius 1 is 1.55 bits per heavy atom. The number of nitrogens with two attached hydrogens (primary N) is 2. The summed E-state index contributed by atoms with van der Waals surface area (Å²) in [6, 6.07) is -0.109. The van der Waals surface area contributed by atoms with Crippen molar-refractivity contribution in [3.05, 3.63) is 0 Å². The molecule has 5 N–H and O–H groups in total. The van der Waals surface area contributed by atoms with Crippen LogP contribution in [0.5, 0.6) is 0 Å². The van der Waals surface area contributed by atoms with Gasteiger partial charge in [0.25, 0.3) is 0 Å². The molecule has 5 heteroatoms. The van der Waals surface area contributed by atoms with E-state index in [-0.39, 0.29) is 18.4 Å². The minimum absolute atomic E-state index is 0.109. The predicted molar refractivity (Wildman–Crippen MR) is 40.5 cm³/mol. The fourth-order valence-electron chi connectivity index (χ4n) is 0.543. The van der Waals surface area contributed by atoms with Gasteiger partial charge in [-0.3, -0.25) is 9.59 Å². The van der Waals surface area contributed by atoms with Gasteiger partial charge in [0.15, 0.2) is 0 Å². The zero-order chi connectivity index (χ0) is 8.85. The van der Waals surface area contributed by atoms with Gasteiger partial charge in [0.05, 0.1) is 0 Å². The molecule has 0 spiro atoms. The van der Waals surface area contributed by atoms with Gasteiger partial charge in [-0.25, -0.2) is 0 Å². The maximum absolute atomic E-state index is 10.8. The van der Waals surface area contributed by atoms with Crippen molar-refractivity contribution in [2.75, 3.05) is 6.54 Å². The predicted octanol–water partition coefficient (Wildman–Crippen LogP) is -1.67. The third kappa shape index (κ3) is 5.35. The molecule has 0 aliphatic heterocycles. The zero-order valence-electron chi connectivity index (χ0n) is 6.46. The number of carbonyl (C=O) groups is 2. The minimum Gasteiger partial charge on any atom is -0.369 e. The molecule has 0 rings (SSSR count). The molecule has 0 bridgehead atoms. The van der Waals surface area contributed by atoms with Crippen molar-refractivity contribution in [1.82, 2.24) is 5.32 Å². The highest BCUT2D eigenvalue weighted by Gasteiger charge is 2.07. The quantitative estimate of drug-likeness (QED) is 0.427. The van der Waals surface area contributed by atoms with Crippen LogP contribution in [0.15, 0.2) is 0 Å². The van der Waals surface area contributed by atoms with Gasteiger partial charge in [0, 0.05) is 12.6 Å². The summed E-state index contributed by atoms with van der Waals surface area (Å²) < 4.78 is 0. The van der Waals surface area contributed by atoms with Crippen LogP contribution in [0.25, 0.3) is 0 Å². The zero-order valence-corrected chi connectivity index (χ0v) is 6.46. The van der Waals surface area contributed by atoms with Crippen LogP contribution in [0.2, 0.25) is 0 Å². The second kappa shape index (κ2) is 4.68. The molecule has 0 aliphatic carbocycles. The largest absolute Gasteiger partial charge is 0.369 e. The molecule has 0 saturated carbocycles. The molecule has 0 unspecified atom stereocenters. The first-order chi connectivity index (χ1) is 5.06. The highest BCUT2D eigenvalue weighted by Crippen LogP contribution is 1.81. The molecule has 5 nitrogen and oxygen atoms in total. The van der Waals surface area contributed by atoms with E-state index >= 15 is 0 Å². The van der Waals surface area contributed by atoms with E-state index in [1.54, 1.807) is 6.92 Å². The molecule has 0 saturated heterocycles. The van der Waals surface area contributed by atoms with Crippen LogP contribution >= 0.6 is 0 Å². The number of amides is 2. The van der Waals surface area contributed by atoms with E-state index in [4.69, 9.17) is 11.5 Å². The van der Waals surface area contributed by atoms with Gasteiger partial charge in [0.2, 0.25) is 11.8 Å².